The van der Waals surface area contributed by atoms with Crippen molar-refractivity contribution in [2.24, 2.45) is 0 Å². The number of hydrogen-bond donors (Lipinski definition) is 3. The van der Waals surface area contributed by atoms with Crippen molar-refractivity contribution in [2.45, 2.75) is 6.54 Å². The molecule has 0 saturated heterocycles. The lowest BCUT2D eigenvalue weighted by molar-refractivity contribution is 0.0951. The molecule has 0 spiro atoms. The lowest BCUT2D eigenvalue weighted by Crippen LogP contribution is -2.22. The van der Waals surface area contributed by atoms with E-state index in [9.17, 15) is 9.90 Å². The maximum Gasteiger partial charge on any atom is 0.251 e. The number of aliphatic hydroxyl groups is 1. The van der Waals surface area contributed by atoms with Gasteiger partial charge in [0.15, 0.2) is 0 Å². The molecule has 5 heteroatoms. The Kier molecular flexibility index (Phi) is 4.77. The van der Waals surface area contributed by atoms with Crippen LogP contribution in [0.2, 0.25) is 0 Å². The minimum atomic E-state index is -0.239. The molecule has 0 atom stereocenters. The van der Waals surface area contributed by atoms with Gasteiger partial charge in [-0.3, -0.25) is 4.79 Å². The zero-order valence-electron chi connectivity index (χ0n) is 10.6. The Balaban J connectivity index is 1.95. The molecule has 0 aliphatic carbocycles. The quantitative estimate of drug-likeness (QED) is 0.753. The minimum absolute atomic E-state index is 0.0651. The molecule has 0 aliphatic rings. The third kappa shape index (κ3) is 3.85. The summed E-state index contributed by atoms with van der Waals surface area (Å²) >= 11 is 1.46. The van der Waals surface area contributed by atoms with Crippen LogP contribution in [0.5, 0.6) is 5.75 Å². The largest absolute Gasteiger partial charge is 0.508 e. The maximum atomic E-state index is 11.9. The van der Waals surface area contributed by atoms with Crippen LogP contribution in [-0.2, 0) is 6.54 Å². The summed E-state index contributed by atoms with van der Waals surface area (Å²) in [5.41, 5.74) is 0.418. The molecule has 20 heavy (non-hydrogen) atoms. The number of carbonyl (C=O) groups is 1. The fourth-order valence-corrected chi connectivity index (χ4v) is 2.41. The number of thiophene rings is 1. The third-order valence-electron chi connectivity index (χ3n) is 2.48. The molecule has 0 radical (unpaired) electrons. The van der Waals surface area contributed by atoms with Gasteiger partial charge in [0.1, 0.15) is 12.4 Å². The topological polar surface area (TPSA) is 69.6 Å². The number of amides is 1. The number of nitrogens with one attached hydrogen (secondary N) is 1. The van der Waals surface area contributed by atoms with E-state index in [-0.39, 0.29) is 18.3 Å². The first-order chi connectivity index (χ1) is 9.69. The van der Waals surface area contributed by atoms with E-state index >= 15 is 0 Å². The molecule has 1 heterocycles. The van der Waals surface area contributed by atoms with Crippen LogP contribution in [0.25, 0.3) is 0 Å². The van der Waals surface area contributed by atoms with Gasteiger partial charge in [0.05, 0.1) is 11.4 Å². The van der Waals surface area contributed by atoms with Crippen LogP contribution in [-0.4, -0.2) is 22.7 Å². The Morgan fingerprint density at radius 3 is 2.90 bits per heavy atom. The van der Waals surface area contributed by atoms with Gasteiger partial charge in [-0.1, -0.05) is 17.9 Å². The summed E-state index contributed by atoms with van der Waals surface area (Å²) in [6, 6.07) is 9.93. The minimum Gasteiger partial charge on any atom is -0.508 e. The Morgan fingerprint density at radius 1 is 1.30 bits per heavy atom. The summed E-state index contributed by atoms with van der Waals surface area (Å²) in [6.07, 6.45) is 0. The summed E-state index contributed by atoms with van der Waals surface area (Å²) < 4.78 is 0. The Morgan fingerprint density at radius 2 is 2.15 bits per heavy atom. The predicted molar refractivity (Wildman–Crippen MR) is 77.6 cm³/mol. The zero-order valence-corrected chi connectivity index (χ0v) is 11.4. The first kappa shape index (κ1) is 14.1. The van der Waals surface area contributed by atoms with Crippen LogP contribution in [0.1, 0.15) is 20.1 Å². The molecule has 2 rings (SSSR count). The van der Waals surface area contributed by atoms with E-state index in [1.54, 1.807) is 12.1 Å². The van der Waals surface area contributed by atoms with E-state index in [4.69, 9.17) is 5.11 Å². The van der Waals surface area contributed by atoms with Crippen molar-refractivity contribution in [3.05, 3.63) is 51.7 Å². The first-order valence-electron chi connectivity index (χ1n) is 5.94. The van der Waals surface area contributed by atoms with Gasteiger partial charge in [0.25, 0.3) is 5.91 Å². The molecule has 4 nitrogen and oxygen atoms in total. The predicted octanol–water partition coefficient (Wildman–Crippen LogP) is 1.73. The first-order valence-corrected chi connectivity index (χ1v) is 6.76. The van der Waals surface area contributed by atoms with E-state index in [1.165, 1.54) is 23.5 Å². The van der Waals surface area contributed by atoms with Crippen LogP contribution < -0.4 is 5.32 Å². The summed E-state index contributed by atoms with van der Waals surface area (Å²) in [5.74, 6) is 5.22. The van der Waals surface area contributed by atoms with Gasteiger partial charge >= 0.3 is 0 Å². The highest BCUT2D eigenvalue weighted by molar-refractivity contribution is 7.12. The molecule has 0 fully saturated rings. The second kappa shape index (κ2) is 6.75. The van der Waals surface area contributed by atoms with Crippen molar-refractivity contribution in [3.8, 4) is 17.6 Å². The summed E-state index contributed by atoms with van der Waals surface area (Å²) in [7, 11) is 0. The molecule has 0 saturated carbocycles. The molecule has 102 valence electrons. The fourth-order valence-electron chi connectivity index (χ4n) is 1.58. The number of aromatic hydroxyl groups is 1. The zero-order chi connectivity index (χ0) is 14.4. The number of rotatable bonds is 3. The number of benzene rings is 1. The number of phenols is 1. The van der Waals surface area contributed by atoms with Crippen molar-refractivity contribution in [1.82, 2.24) is 5.32 Å². The van der Waals surface area contributed by atoms with Gasteiger partial charge in [-0.2, -0.15) is 0 Å². The highest BCUT2D eigenvalue weighted by atomic mass is 32.1. The van der Waals surface area contributed by atoms with Crippen LogP contribution in [0.4, 0.5) is 0 Å². The smallest absolute Gasteiger partial charge is 0.251 e. The van der Waals surface area contributed by atoms with Crippen LogP contribution in [0, 0.1) is 11.8 Å². The van der Waals surface area contributed by atoms with Gasteiger partial charge in [-0.15, -0.1) is 11.3 Å². The number of phenolic OH excluding ortho intramolecular Hbond substituents is 1. The molecular formula is C15H13NO3S. The van der Waals surface area contributed by atoms with Crippen molar-refractivity contribution in [2.75, 3.05) is 6.61 Å². The highest BCUT2D eigenvalue weighted by Gasteiger charge is 2.06. The molecule has 0 aliphatic heterocycles. The molecule has 3 N–H and O–H groups in total. The molecular weight excluding hydrogens is 274 g/mol. The summed E-state index contributed by atoms with van der Waals surface area (Å²) in [4.78, 5) is 13.7. The van der Waals surface area contributed by atoms with E-state index in [2.05, 4.69) is 17.2 Å². The Hall–Kier alpha value is -2.29. The van der Waals surface area contributed by atoms with Gasteiger partial charge in [0.2, 0.25) is 0 Å². The highest BCUT2D eigenvalue weighted by Crippen LogP contribution is 2.16. The van der Waals surface area contributed by atoms with Crippen molar-refractivity contribution in [3.63, 3.8) is 0 Å². The van der Waals surface area contributed by atoms with E-state index in [0.717, 1.165) is 9.75 Å². The van der Waals surface area contributed by atoms with E-state index in [0.29, 0.717) is 12.1 Å². The lowest BCUT2D eigenvalue weighted by Gasteiger charge is -2.03. The monoisotopic (exact) mass is 287 g/mol. The van der Waals surface area contributed by atoms with Gasteiger partial charge in [-0.25, -0.2) is 0 Å². The number of carbonyl (C=O) groups excluding carboxylic acids is 1. The Labute approximate surface area is 120 Å². The number of aliphatic hydroxyl groups excluding tert-OH is 1. The third-order valence-corrected chi connectivity index (χ3v) is 3.48. The lowest BCUT2D eigenvalue weighted by atomic mass is 10.2. The molecule has 1 aromatic carbocycles. The Bertz CT molecular complexity index is 667. The van der Waals surface area contributed by atoms with Gasteiger partial charge in [-0.05, 0) is 30.3 Å². The van der Waals surface area contributed by atoms with Crippen molar-refractivity contribution < 1.29 is 15.0 Å². The van der Waals surface area contributed by atoms with Crippen LogP contribution in [0.15, 0.2) is 36.4 Å². The second-order valence-corrected chi connectivity index (χ2v) is 5.13. The fraction of sp³-hybridized carbons (Fsp3) is 0.133. The standard InChI is InChI=1S/C15H13NO3S/c17-8-2-5-13-6-7-14(20-13)10-16-15(19)11-3-1-4-12(18)9-11/h1,3-4,6-7,9,17-18H,8,10H2,(H,16,19). The average molecular weight is 287 g/mol. The SMILES string of the molecule is O=C(NCc1ccc(C#CCO)s1)c1cccc(O)c1. The van der Waals surface area contributed by atoms with Crippen LogP contribution in [0.3, 0.4) is 0 Å². The number of hydrogen-bond acceptors (Lipinski definition) is 4. The normalized spacial score (nSPS) is 9.65. The van der Waals surface area contributed by atoms with Crippen LogP contribution >= 0.6 is 11.3 Å². The summed E-state index contributed by atoms with van der Waals surface area (Å²) in [6.45, 7) is 0.238. The maximum absolute atomic E-state index is 11.9. The molecule has 2 aromatic rings. The van der Waals surface area contributed by atoms with Gasteiger partial charge < -0.3 is 15.5 Å². The molecule has 0 unspecified atom stereocenters. The van der Waals surface area contributed by atoms with Crippen molar-refractivity contribution in [1.29, 1.82) is 0 Å². The van der Waals surface area contributed by atoms with Crippen molar-refractivity contribution >= 4 is 17.2 Å². The molecule has 0 bridgehead atoms. The summed E-state index contributed by atoms with van der Waals surface area (Å²) in [5, 5.41) is 20.7. The van der Waals surface area contributed by atoms with E-state index in [1.807, 2.05) is 12.1 Å². The van der Waals surface area contributed by atoms with Gasteiger partial charge in [0, 0.05) is 10.4 Å². The van der Waals surface area contributed by atoms with E-state index < -0.39 is 0 Å². The second-order valence-electron chi connectivity index (χ2n) is 3.96. The average Bonchev–Trinajstić information content (AvgIpc) is 2.90. The molecule has 1 amide bonds. The molecule has 1 aromatic heterocycles.